The van der Waals surface area contributed by atoms with Crippen LogP contribution in [-0.2, 0) is 28.6 Å². The molecule has 0 aromatic heterocycles. The van der Waals surface area contributed by atoms with Gasteiger partial charge in [-0.15, -0.1) is 0 Å². The molecule has 0 saturated heterocycles. The Morgan fingerprint density at radius 3 is 0.778 bits per heavy atom. The Hall–Kier alpha value is -4.19. The predicted octanol–water partition coefficient (Wildman–Crippen LogP) is 23.6. The van der Waals surface area contributed by atoms with Gasteiger partial charge in [-0.2, -0.15) is 0 Å². The lowest BCUT2D eigenvalue weighted by Gasteiger charge is -2.18. The maximum Gasteiger partial charge on any atom is 0.306 e. The van der Waals surface area contributed by atoms with Crippen LogP contribution < -0.4 is 0 Å². The quantitative estimate of drug-likeness (QED) is 0.0261. The second-order valence-electron chi connectivity index (χ2n) is 22.3. The molecule has 0 saturated carbocycles. The Balaban J connectivity index is 4.43. The summed E-state index contributed by atoms with van der Waals surface area (Å²) in [5.41, 5.74) is 0. The van der Waals surface area contributed by atoms with Gasteiger partial charge >= 0.3 is 17.9 Å². The summed E-state index contributed by atoms with van der Waals surface area (Å²) in [6.07, 6.45) is 95.0. The van der Waals surface area contributed by atoms with Gasteiger partial charge in [0, 0.05) is 19.3 Å². The molecule has 0 N–H and O–H groups in total. The highest BCUT2D eigenvalue weighted by Gasteiger charge is 2.19. The highest BCUT2D eigenvalue weighted by atomic mass is 16.6. The molecule has 0 amide bonds. The van der Waals surface area contributed by atoms with Crippen molar-refractivity contribution >= 4 is 17.9 Å². The first-order chi connectivity index (χ1) is 40.0. The average molecular weight is 1120 g/mol. The second-order valence-corrected chi connectivity index (χ2v) is 22.3. The highest BCUT2D eigenvalue weighted by molar-refractivity contribution is 5.71. The lowest BCUT2D eigenvalue weighted by molar-refractivity contribution is -0.167. The van der Waals surface area contributed by atoms with Gasteiger partial charge in [0.15, 0.2) is 6.10 Å². The van der Waals surface area contributed by atoms with Crippen molar-refractivity contribution in [3.63, 3.8) is 0 Å². The number of carbonyl (C=O) groups is 3. The van der Waals surface area contributed by atoms with E-state index in [0.717, 1.165) is 116 Å². The lowest BCUT2D eigenvalue weighted by atomic mass is 10.0. The first kappa shape index (κ1) is 76.8. The molecule has 0 radical (unpaired) electrons. The number of unbranched alkanes of at least 4 members (excludes halogenated alkanes) is 30. The number of allylic oxidation sites excluding steroid dienone is 20. The summed E-state index contributed by atoms with van der Waals surface area (Å²) in [5, 5.41) is 0. The number of hydrogen-bond donors (Lipinski definition) is 0. The van der Waals surface area contributed by atoms with E-state index in [2.05, 4.69) is 142 Å². The molecule has 462 valence electrons. The normalized spacial score (nSPS) is 12.9. The molecule has 6 heteroatoms. The molecule has 1 unspecified atom stereocenters. The van der Waals surface area contributed by atoms with Crippen LogP contribution in [0.25, 0.3) is 0 Å². The molecule has 0 fully saturated rings. The minimum absolute atomic E-state index is 0.0952. The Morgan fingerprint density at radius 1 is 0.259 bits per heavy atom. The highest BCUT2D eigenvalue weighted by Crippen LogP contribution is 2.17. The Bertz CT molecular complexity index is 1670. The van der Waals surface area contributed by atoms with E-state index in [-0.39, 0.29) is 37.5 Å². The van der Waals surface area contributed by atoms with Gasteiger partial charge in [0.2, 0.25) is 0 Å². The van der Waals surface area contributed by atoms with Gasteiger partial charge in [-0.05, 0) is 109 Å². The summed E-state index contributed by atoms with van der Waals surface area (Å²) in [4.78, 5) is 38.4. The summed E-state index contributed by atoms with van der Waals surface area (Å²) in [5.74, 6) is -0.930. The van der Waals surface area contributed by atoms with Gasteiger partial charge in [-0.3, -0.25) is 14.4 Å². The zero-order valence-corrected chi connectivity index (χ0v) is 53.0. The minimum Gasteiger partial charge on any atom is -0.462 e. The van der Waals surface area contributed by atoms with Crippen LogP contribution in [0.1, 0.15) is 316 Å². The van der Waals surface area contributed by atoms with Crippen molar-refractivity contribution < 1.29 is 28.6 Å². The lowest BCUT2D eigenvalue weighted by Crippen LogP contribution is -2.30. The SMILES string of the molecule is CC/C=C\C/C=C\C/C=C\C/C=C\C/C=C\C/C=C\CCCCC(=O)OC(COC(=O)CCCCCCCCCCCCCC/C=C\C/C=C\C/C=C\C/C=C\CC)COC(=O)CCCCCCCCCCCCCCCCCCC. The number of carbonyl (C=O) groups excluding carboxylic acids is 3. The molecular weight excluding hydrogens is 997 g/mol. The monoisotopic (exact) mass is 1120 g/mol. The molecule has 0 aliphatic rings. The maximum atomic E-state index is 12.9. The molecule has 0 bridgehead atoms. The molecule has 1 atom stereocenters. The van der Waals surface area contributed by atoms with Gasteiger partial charge < -0.3 is 14.2 Å². The second kappa shape index (κ2) is 68.3. The molecule has 6 nitrogen and oxygen atoms in total. The Morgan fingerprint density at radius 2 is 0.481 bits per heavy atom. The van der Waals surface area contributed by atoms with Gasteiger partial charge in [0.1, 0.15) is 13.2 Å². The molecule has 0 aromatic rings. The van der Waals surface area contributed by atoms with E-state index >= 15 is 0 Å². The molecule has 81 heavy (non-hydrogen) atoms. The third-order valence-electron chi connectivity index (χ3n) is 14.5. The average Bonchev–Trinajstić information content (AvgIpc) is 3.47. The maximum absolute atomic E-state index is 12.9. The van der Waals surface area contributed by atoms with Crippen LogP contribution in [0.5, 0.6) is 0 Å². The first-order valence-electron chi connectivity index (χ1n) is 34.0. The van der Waals surface area contributed by atoms with E-state index in [1.165, 1.54) is 154 Å². The summed E-state index contributed by atoms with van der Waals surface area (Å²) in [7, 11) is 0. The van der Waals surface area contributed by atoms with Crippen LogP contribution >= 0.6 is 0 Å². The fraction of sp³-hybridized carbons (Fsp3) is 0.693. The molecule has 0 heterocycles. The number of ether oxygens (including phenoxy) is 3. The summed E-state index contributed by atoms with van der Waals surface area (Å²) in [6.45, 7) is 6.41. The summed E-state index contributed by atoms with van der Waals surface area (Å²) in [6, 6.07) is 0. The van der Waals surface area contributed by atoms with Crippen molar-refractivity contribution in [3.8, 4) is 0 Å². The van der Waals surface area contributed by atoms with Crippen LogP contribution in [0.3, 0.4) is 0 Å². The van der Waals surface area contributed by atoms with Crippen molar-refractivity contribution in [1.82, 2.24) is 0 Å². The van der Waals surface area contributed by atoms with Crippen LogP contribution in [0, 0.1) is 0 Å². The summed E-state index contributed by atoms with van der Waals surface area (Å²) >= 11 is 0. The fourth-order valence-corrected chi connectivity index (χ4v) is 9.44. The van der Waals surface area contributed by atoms with Crippen LogP contribution in [0.4, 0.5) is 0 Å². The number of rotatable bonds is 61. The molecule has 0 aliphatic heterocycles. The van der Waals surface area contributed by atoms with Gasteiger partial charge in [0.25, 0.3) is 0 Å². The van der Waals surface area contributed by atoms with E-state index in [1.54, 1.807) is 0 Å². The van der Waals surface area contributed by atoms with Crippen molar-refractivity contribution in [2.75, 3.05) is 13.2 Å². The van der Waals surface area contributed by atoms with E-state index in [9.17, 15) is 14.4 Å². The number of esters is 3. The van der Waals surface area contributed by atoms with Crippen molar-refractivity contribution in [2.45, 2.75) is 322 Å². The Kier molecular flexibility index (Phi) is 64.8. The predicted molar refractivity (Wildman–Crippen MR) is 353 cm³/mol. The Labute approximate surface area is 501 Å². The number of hydrogen-bond acceptors (Lipinski definition) is 6. The smallest absolute Gasteiger partial charge is 0.306 e. The van der Waals surface area contributed by atoms with Crippen LogP contribution in [-0.4, -0.2) is 37.2 Å². The van der Waals surface area contributed by atoms with E-state index in [1.807, 2.05) is 0 Å². The fourth-order valence-electron chi connectivity index (χ4n) is 9.44. The standard InChI is InChI=1S/C75H126O6/c1-4-7-10-13-16-19-22-25-28-31-33-35-36-37-38-40-41-44-47-50-53-56-59-62-65-68-74(77)80-71-72(70-79-73(76)67-64-61-58-55-52-49-46-43-30-27-24-21-18-15-12-9-6-3)81-75(78)69-66-63-60-57-54-51-48-45-42-39-34-32-29-26-23-20-17-14-11-8-5-2/h7-8,10-11,16-17,19-20,25-26,28-29,33-35,39,45,48,54,57,72H,4-6,9,12-15,18,21-24,27,30-32,36-38,40-44,46-47,49-53,55-56,58-71H2,1-3H3/b10-7-,11-8-,19-16-,20-17-,28-25-,29-26-,35-33-,39-34-,48-45-,57-54-. The third-order valence-corrected chi connectivity index (χ3v) is 14.5. The van der Waals surface area contributed by atoms with E-state index in [4.69, 9.17) is 14.2 Å². The van der Waals surface area contributed by atoms with Gasteiger partial charge in [0.05, 0.1) is 0 Å². The first-order valence-corrected chi connectivity index (χ1v) is 34.0. The van der Waals surface area contributed by atoms with Crippen LogP contribution in [0.2, 0.25) is 0 Å². The molecule has 0 rings (SSSR count). The van der Waals surface area contributed by atoms with Gasteiger partial charge in [-0.1, -0.05) is 309 Å². The van der Waals surface area contributed by atoms with Crippen molar-refractivity contribution in [2.24, 2.45) is 0 Å². The van der Waals surface area contributed by atoms with Crippen molar-refractivity contribution in [1.29, 1.82) is 0 Å². The summed E-state index contributed by atoms with van der Waals surface area (Å²) < 4.78 is 16.9. The van der Waals surface area contributed by atoms with Crippen molar-refractivity contribution in [3.05, 3.63) is 122 Å². The topological polar surface area (TPSA) is 78.9 Å². The largest absolute Gasteiger partial charge is 0.462 e. The zero-order valence-electron chi connectivity index (χ0n) is 53.0. The molecule has 0 aromatic carbocycles. The third kappa shape index (κ3) is 66.5. The van der Waals surface area contributed by atoms with Gasteiger partial charge in [-0.25, -0.2) is 0 Å². The van der Waals surface area contributed by atoms with E-state index < -0.39 is 6.10 Å². The van der Waals surface area contributed by atoms with Crippen LogP contribution in [0.15, 0.2) is 122 Å². The molecular formula is C75H126O6. The van der Waals surface area contributed by atoms with E-state index in [0.29, 0.717) is 19.3 Å². The molecule has 0 aliphatic carbocycles. The molecule has 0 spiro atoms. The zero-order chi connectivity index (χ0) is 58.5. The minimum atomic E-state index is -0.805.